The van der Waals surface area contributed by atoms with Crippen molar-refractivity contribution in [3.63, 3.8) is 0 Å². The molecule has 6 nitrogen and oxygen atoms in total. The summed E-state index contributed by atoms with van der Waals surface area (Å²) in [6.07, 6.45) is 3.87. The maximum atomic E-state index is 12.5. The number of hydrogen-bond acceptors (Lipinski definition) is 6. The lowest BCUT2D eigenvalue weighted by Gasteiger charge is -2.21. The lowest BCUT2D eigenvalue weighted by Crippen LogP contribution is -2.23. The Bertz CT molecular complexity index is 639. The summed E-state index contributed by atoms with van der Waals surface area (Å²) in [7, 11) is 0. The molecule has 1 aliphatic heterocycles. The highest BCUT2D eigenvalue weighted by Crippen LogP contribution is 2.30. The van der Waals surface area contributed by atoms with E-state index >= 15 is 0 Å². The quantitative estimate of drug-likeness (QED) is 0.627. The van der Waals surface area contributed by atoms with Gasteiger partial charge in [-0.2, -0.15) is 0 Å². The van der Waals surface area contributed by atoms with Crippen LogP contribution in [0.2, 0.25) is 0 Å². The van der Waals surface area contributed by atoms with E-state index in [9.17, 15) is 19.8 Å². The minimum Gasteiger partial charge on any atom is -0.508 e. The number of carbonyl (C=O) groups is 2. The van der Waals surface area contributed by atoms with Crippen LogP contribution in [0.4, 0.5) is 0 Å². The fourth-order valence-corrected chi connectivity index (χ4v) is 3.15. The lowest BCUT2D eigenvalue weighted by atomic mass is 9.96. The first kappa shape index (κ1) is 20.2. The van der Waals surface area contributed by atoms with Crippen LogP contribution in [0, 0.1) is 0 Å². The summed E-state index contributed by atoms with van der Waals surface area (Å²) < 4.78 is 11.3. The van der Waals surface area contributed by atoms with Crippen molar-refractivity contribution in [3.05, 3.63) is 23.3 Å². The van der Waals surface area contributed by atoms with Crippen LogP contribution < -0.4 is 0 Å². The van der Waals surface area contributed by atoms with E-state index in [2.05, 4.69) is 6.92 Å². The van der Waals surface area contributed by atoms with Crippen LogP contribution in [0.3, 0.4) is 0 Å². The predicted octanol–water partition coefficient (Wildman–Crippen LogP) is 3.51. The van der Waals surface area contributed by atoms with Gasteiger partial charge >= 0.3 is 5.97 Å². The zero-order valence-corrected chi connectivity index (χ0v) is 15.5. The average molecular weight is 364 g/mol. The van der Waals surface area contributed by atoms with Crippen LogP contribution in [0.1, 0.15) is 68.3 Å². The van der Waals surface area contributed by atoms with E-state index in [0.717, 1.165) is 31.7 Å². The van der Waals surface area contributed by atoms with Crippen molar-refractivity contribution in [1.29, 1.82) is 0 Å². The molecule has 1 aromatic carbocycles. The van der Waals surface area contributed by atoms with Gasteiger partial charge in [-0.05, 0) is 44.2 Å². The molecule has 144 valence electrons. The number of phenols is 2. The molecule has 2 atom stereocenters. The van der Waals surface area contributed by atoms with Crippen molar-refractivity contribution in [1.82, 2.24) is 0 Å². The minimum atomic E-state index is -0.672. The van der Waals surface area contributed by atoms with E-state index in [1.54, 1.807) is 6.92 Å². The maximum Gasteiger partial charge on any atom is 0.342 e. The van der Waals surface area contributed by atoms with Gasteiger partial charge in [0, 0.05) is 25.5 Å². The number of esters is 1. The molecule has 2 rings (SSSR count). The minimum absolute atomic E-state index is 0.0491. The number of hydrogen-bond donors (Lipinski definition) is 2. The number of phenolic OH excluding ortho intramolecular Hbond substituents is 2. The van der Waals surface area contributed by atoms with Crippen molar-refractivity contribution in [3.8, 4) is 11.5 Å². The van der Waals surface area contributed by atoms with E-state index in [4.69, 9.17) is 9.47 Å². The van der Waals surface area contributed by atoms with Gasteiger partial charge in [0.2, 0.25) is 0 Å². The number of aromatic hydroxyl groups is 2. The van der Waals surface area contributed by atoms with Crippen LogP contribution >= 0.6 is 0 Å². The Balaban J connectivity index is 2.25. The lowest BCUT2D eigenvalue weighted by molar-refractivity contribution is -0.121. The van der Waals surface area contributed by atoms with Crippen molar-refractivity contribution in [2.75, 3.05) is 6.61 Å². The van der Waals surface area contributed by atoms with Crippen LogP contribution in [0.25, 0.3) is 0 Å². The first-order valence-corrected chi connectivity index (χ1v) is 9.29. The summed E-state index contributed by atoms with van der Waals surface area (Å²) >= 11 is 0. The Morgan fingerprint density at radius 1 is 1.23 bits per heavy atom. The summed E-state index contributed by atoms with van der Waals surface area (Å²) in [4.78, 5) is 24.9. The van der Waals surface area contributed by atoms with E-state index in [0.29, 0.717) is 13.0 Å². The second-order valence-electron chi connectivity index (χ2n) is 6.91. The zero-order chi connectivity index (χ0) is 19.1. The van der Waals surface area contributed by atoms with E-state index in [1.807, 2.05) is 0 Å². The zero-order valence-electron chi connectivity index (χ0n) is 15.5. The molecule has 2 unspecified atom stereocenters. The van der Waals surface area contributed by atoms with E-state index < -0.39 is 5.97 Å². The smallest absolute Gasteiger partial charge is 0.342 e. The summed E-state index contributed by atoms with van der Waals surface area (Å²) in [5.41, 5.74) is 0.226. The molecule has 1 heterocycles. The number of Topliss-reactive ketones (excluding diaryl/α,β-unsaturated/α-hetero) is 1. The standard InChI is InChI=1S/C20H28O6/c1-3-4-8-25-17-7-5-6-13(2)26-20(24)19-14(9-15(21)11-17)10-16(22)12-18(19)23/h10,12-13,17,22-23H,3-9,11H2,1-2H3. The summed E-state index contributed by atoms with van der Waals surface area (Å²) in [5, 5.41) is 19.8. The molecular formula is C20H28O6. The van der Waals surface area contributed by atoms with Gasteiger partial charge in [-0.3, -0.25) is 4.79 Å². The third-order valence-electron chi connectivity index (χ3n) is 4.53. The molecule has 0 saturated heterocycles. The van der Waals surface area contributed by atoms with Gasteiger partial charge in [-0.25, -0.2) is 4.79 Å². The second kappa shape index (κ2) is 9.57. The molecule has 2 N–H and O–H groups in total. The maximum absolute atomic E-state index is 12.5. The molecule has 0 bridgehead atoms. The number of ketones is 1. The first-order valence-electron chi connectivity index (χ1n) is 9.29. The molecule has 0 fully saturated rings. The molecule has 6 heteroatoms. The predicted molar refractivity (Wildman–Crippen MR) is 96.5 cm³/mol. The van der Waals surface area contributed by atoms with Crippen molar-refractivity contribution >= 4 is 11.8 Å². The van der Waals surface area contributed by atoms with Gasteiger partial charge in [-0.1, -0.05) is 13.3 Å². The number of benzene rings is 1. The van der Waals surface area contributed by atoms with Gasteiger partial charge in [0.25, 0.3) is 0 Å². The van der Waals surface area contributed by atoms with Crippen LogP contribution in [-0.4, -0.2) is 40.8 Å². The molecule has 0 spiro atoms. The first-order chi connectivity index (χ1) is 12.4. The third-order valence-corrected chi connectivity index (χ3v) is 4.53. The summed E-state index contributed by atoms with van der Waals surface area (Å²) in [6.45, 7) is 4.51. The molecule has 1 aromatic rings. The SMILES string of the molecule is CCCCOC1CCCC(C)OC(=O)c2c(O)cc(O)cc2CC(=O)C1. The van der Waals surface area contributed by atoms with Gasteiger partial charge in [-0.15, -0.1) is 0 Å². The fourth-order valence-electron chi connectivity index (χ4n) is 3.15. The van der Waals surface area contributed by atoms with E-state index in [1.165, 1.54) is 6.07 Å². The molecule has 26 heavy (non-hydrogen) atoms. The molecule has 1 aliphatic rings. The number of unbranched alkanes of at least 4 members (excludes halogenated alkanes) is 1. The summed E-state index contributed by atoms with van der Waals surface area (Å²) in [5.74, 6) is -1.34. The monoisotopic (exact) mass is 364 g/mol. The molecular weight excluding hydrogens is 336 g/mol. The van der Waals surface area contributed by atoms with Crippen molar-refractivity contribution in [2.24, 2.45) is 0 Å². The van der Waals surface area contributed by atoms with Gasteiger partial charge in [0.05, 0.1) is 12.2 Å². The fraction of sp³-hybridized carbons (Fsp3) is 0.600. The second-order valence-corrected chi connectivity index (χ2v) is 6.91. The third kappa shape index (κ3) is 5.73. The van der Waals surface area contributed by atoms with Crippen molar-refractivity contribution < 1.29 is 29.3 Å². The molecule has 0 aromatic heterocycles. The largest absolute Gasteiger partial charge is 0.508 e. The molecule has 0 amide bonds. The van der Waals surface area contributed by atoms with Gasteiger partial charge < -0.3 is 19.7 Å². The molecule has 0 aliphatic carbocycles. The normalized spacial score (nSPS) is 22.1. The molecule has 0 saturated carbocycles. The van der Waals surface area contributed by atoms with Crippen LogP contribution in [0.5, 0.6) is 11.5 Å². The molecule has 0 radical (unpaired) electrons. The van der Waals surface area contributed by atoms with Gasteiger partial charge in [0.15, 0.2) is 0 Å². The number of carbonyl (C=O) groups excluding carboxylic acids is 2. The highest BCUT2D eigenvalue weighted by Gasteiger charge is 2.25. The Kier molecular flexibility index (Phi) is 7.45. The van der Waals surface area contributed by atoms with E-state index in [-0.39, 0.29) is 53.5 Å². The van der Waals surface area contributed by atoms with Crippen LogP contribution in [-0.2, 0) is 20.7 Å². The summed E-state index contributed by atoms with van der Waals surface area (Å²) in [6, 6.07) is 2.41. The van der Waals surface area contributed by atoms with Crippen molar-refractivity contribution in [2.45, 2.75) is 71.0 Å². The average Bonchev–Trinajstić information content (AvgIpc) is 2.52. The van der Waals surface area contributed by atoms with Crippen LogP contribution in [0.15, 0.2) is 12.1 Å². The highest BCUT2D eigenvalue weighted by atomic mass is 16.5. The number of cyclic esters (lactones) is 1. The number of ether oxygens (including phenoxy) is 2. The Labute approximate surface area is 154 Å². The number of fused-ring (bicyclic) bond motifs is 1. The Morgan fingerprint density at radius 2 is 2.00 bits per heavy atom. The highest BCUT2D eigenvalue weighted by molar-refractivity contribution is 5.96. The Morgan fingerprint density at radius 3 is 2.73 bits per heavy atom. The number of rotatable bonds is 4. The topological polar surface area (TPSA) is 93.1 Å². The van der Waals surface area contributed by atoms with Gasteiger partial charge in [0.1, 0.15) is 22.8 Å². The Hall–Kier alpha value is -2.08.